The standard InChI is InChI=1S/C28H28N6O/c1-19-7-6-10-22(17-19)25-24-26(29)34(18-21-8-4-3-5-9-21)33-27(24)32-28(31-25)30-16-15-20-11-13-23(35-2)14-12-20/h3-14,17H,15-16,18,29H2,1-2H3,(H,30,32,33). The van der Waals surface area contributed by atoms with Crippen LogP contribution in [0.15, 0.2) is 78.9 Å². The van der Waals surface area contributed by atoms with Gasteiger partial charge in [0.2, 0.25) is 5.95 Å². The molecule has 0 fully saturated rings. The van der Waals surface area contributed by atoms with E-state index >= 15 is 0 Å². The number of anilines is 2. The molecule has 0 aliphatic carbocycles. The normalized spacial score (nSPS) is 11.0. The average Bonchev–Trinajstić information content (AvgIpc) is 3.19. The van der Waals surface area contributed by atoms with Crippen molar-refractivity contribution < 1.29 is 4.74 Å². The molecule has 0 saturated heterocycles. The molecule has 2 heterocycles. The fourth-order valence-corrected chi connectivity index (χ4v) is 4.12. The molecule has 0 aliphatic heterocycles. The van der Waals surface area contributed by atoms with E-state index < -0.39 is 0 Å². The summed E-state index contributed by atoms with van der Waals surface area (Å²) in [6, 6.07) is 26.5. The lowest BCUT2D eigenvalue weighted by molar-refractivity contribution is 0.414. The lowest BCUT2D eigenvalue weighted by atomic mass is 10.1. The molecular weight excluding hydrogens is 436 g/mol. The van der Waals surface area contributed by atoms with Gasteiger partial charge in [-0.3, -0.25) is 0 Å². The van der Waals surface area contributed by atoms with E-state index in [1.54, 1.807) is 11.8 Å². The van der Waals surface area contributed by atoms with E-state index in [0.717, 1.165) is 39.9 Å². The predicted octanol–water partition coefficient (Wildman–Crippen LogP) is 5.10. The Morgan fingerprint density at radius 2 is 1.71 bits per heavy atom. The van der Waals surface area contributed by atoms with Crippen LogP contribution in [0.2, 0.25) is 0 Å². The summed E-state index contributed by atoms with van der Waals surface area (Å²) < 4.78 is 7.04. The van der Waals surface area contributed by atoms with Crippen LogP contribution in [0.5, 0.6) is 5.75 Å². The van der Waals surface area contributed by atoms with Crippen molar-refractivity contribution in [3.63, 3.8) is 0 Å². The summed E-state index contributed by atoms with van der Waals surface area (Å²) in [6.45, 7) is 3.32. The van der Waals surface area contributed by atoms with Crippen LogP contribution in [-0.4, -0.2) is 33.4 Å². The van der Waals surface area contributed by atoms with Gasteiger partial charge in [0.05, 0.1) is 24.7 Å². The maximum atomic E-state index is 6.60. The Hall–Kier alpha value is -4.39. The number of methoxy groups -OCH3 is 1. The van der Waals surface area contributed by atoms with Crippen molar-refractivity contribution in [1.29, 1.82) is 0 Å². The van der Waals surface area contributed by atoms with Gasteiger partial charge in [-0.25, -0.2) is 9.67 Å². The summed E-state index contributed by atoms with van der Waals surface area (Å²) in [5.41, 5.74) is 12.4. The van der Waals surface area contributed by atoms with Crippen molar-refractivity contribution in [2.24, 2.45) is 0 Å². The third-order valence-electron chi connectivity index (χ3n) is 5.96. The molecule has 0 spiro atoms. The fourth-order valence-electron chi connectivity index (χ4n) is 4.12. The van der Waals surface area contributed by atoms with E-state index in [2.05, 4.69) is 48.6 Å². The number of nitrogens with zero attached hydrogens (tertiary/aromatic N) is 4. The largest absolute Gasteiger partial charge is 0.497 e. The Kier molecular flexibility index (Phi) is 6.30. The highest BCUT2D eigenvalue weighted by atomic mass is 16.5. The van der Waals surface area contributed by atoms with Gasteiger partial charge in [0.15, 0.2) is 5.65 Å². The predicted molar refractivity (Wildman–Crippen MR) is 141 cm³/mol. The Morgan fingerprint density at radius 3 is 2.46 bits per heavy atom. The molecule has 35 heavy (non-hydrogen) atoms. The quantitative estimate of drug-likeness (QED) is 0.332. The van der Waals surface area contributed by atoms with E-state index in [4.69, 9.17) is 25.5 Å². The minimum atomic E-state index is 0.534. The molecule has 0 atom stereocenters. The van der Waals surface area contributed by atoms with Gasteiger partial charge < -0.3 is 15.8 Å². The molecule has 3 N–H and O–H groups in total. The first-order valence-corrected chi connectivity index (χ1v) is 11.6. The molecule has 0 radical (unpaired) electrons. The molecule has 0 saturated carbocycles. The number of ether oxygens (including phenoxy) is 1. The van der Waals surface area contributed by atoms with Gasteiger partial charge in [0.25, 0.3) is 0 Å². The van der Waals surface area contributed by atoms with Crippen LogP contribution in [0.1, 0.15) is 16.7 Å². The van der Waals surface area contributed by atoms with Crippen molar-refractivity contribution in [2.45, 2.75) is 19.9 Å². The smallest absolute Gasteiger partial charge is 0.225 e. The fraction of sp³-hybridized carbons (Fsp3) is 0.179. The second kappa shape index (κ2) is 9.85. The van der Waals surface area contributed by atoms with E-state index in [1.165, 1.54) is 5.56 Å². The molecular formula is C28H28N6O. The summed E-state index contributed by atoms with van der Waals surface area (Å²) in [5, 5.41) is 8.89. The monoisotopic (exact) mass is 464 g/mol. The Labute approximate surface area is 204 Å². The van der Waals surface area contributed by atoms with Gasteiger partial charge in [-0.1, -0.05) is 66.2 Å². The van der Waals surface area contributed by atoms with Crippen LogP contribution in [0.4, 0.5) is 11.8 Å². The van der Waals surface area contributed by atoms with E-state index in [0.29, 0.717) is 30.5 Å². The SMILES string of the molecule is COc1ccc(CCNc2nc(-c3cccc(C)c3)c3c(N)n(Cc4ccccc4)nc3n2)cc1. The van der Waals surface area contributed by atoms with Crippen LogP contribution in [-0.2, 0) is 13.0 Å². The van der Waals surface area contributed by atoms with Gasteiger partial charge in [0, 0.05) is 12.1 Å². The van der Waals surface area contributed by atoms with Crippen molar-refractivity contribution in [2.75, 3.05) is 24.7 Å². The number of nitrogens with one attached hydrogen (secondary N) is 1. The number of nitrogen functional groups attached to an aromatic ring is 1. The molecule has 7 heteroatoms. The summed E-state index contributed by atoms with van der Waals surface area (Å²) in [7, 11) is 1.67. The van der Waals surface area contributed by atoms with Gasteiger partial charge in [0.1, 0.15) is 11.6 Å². The van der Waals surface area contributed by atoms with Crippen LogP contribution in [0, 0.1) is 6.92 Å². The topological polar surface area (TPSA) is 90.9 Å². The number of aryl methyl sites for hydroxylation is 1. The summed E-state index contributed by atoms with van der Waals surface area (Å²) in [6.07, 6.45) is 0.829. The zero-order chi connectivity index (χ0) is 24.2. The van der Waals surface area contributed by atoms with Crippen molar-refractivity contribution in [3.8, 4) is 17.0 Å². The second-order valence-corrected chi connectivity index (χ2v) is 8.52. The highest BCUT2D eigenvalue weighted by Gasteiger charge is 2.18. The number of nitrogens with two attached hydrogens (primary N) is 1. The molecule has 3 aromatic carbocycles. The first-order chi connectivity index (χ1) is 17.1. The minimum absolute atomic E-state index is 0.534. The zero-order valence-corrected chi connectivity index (χ0v) is 19.9. The molecule has 0 aliphatic rings. The lowest BCUT2D eigenvalue weighted by Crippen LogP contribution is -2.09. The number of benzene rings is 3. The van der Waals surface area contributed by atoms with Gasteiger partial charge in [-0.15, -0.1) is 5.10 Å². The summed E-state index contributed by atoms with van der Waals surface area (Å²) >= 11 is 0. The van der Waals surface area contributed by atoms with Crippen molar-refractivity contribution in [1.82, 2.24) is 19.7 Å². The highest BCUT2D eigenvalue weighted by Crippen LogP contribution is 2.32. The van der Waals surface area contributed by atoms with E-state index in [9.17, 15) is 0 Å². The first kappa shape index (κ1) is 22.4. The molecule has 176 valence electrons. The maximum absolute atomic E-state index is 6.60. The molecule has 7 nitrogen and oxygen atoms in total. The Balaban J connectivity index is 1.48. The van der Waals surface area contributed by atoms with Crippen LogP contribution >= 0.6 is 0 Å². The van der Waals surface area contributed by atoms with Crippen molar-refractivity contribution >= 4 is 22.8 Å². The molecule has 5 rings (SSSR count). The van der Waals surface area contributed by atoms with Crippen LogP contribution in [0.25, 0.3) is 22.3 Å². The van der Waals surface area contributed by atoms with Crippen molar-refractivity contribution in [3.05, 3.63) is 95.6 Å². The van der Waals surface area contributed by atoms with E-state index in [1.807, 2.05) is 42.5 Å². The third kappa shape index (κ3) is 4.94. The molecule has 5 aromatic rings. The van der Waals surface area contributed by atoms with Crippen LogP contribution < -0.4 is 15.8 Å². The summed E-state index contributed by atoms with van der Waals surface area (Å²) in [4.78, 5) is 9.59. The number of fused-ring (bicyclic) bond motifs is 1. The van der Waals surface area contributed by atoms with Gasteiger partial charge in [-0.05, 0) is 42.7 Å². The van der Waals surface area contributed by atoms with E-state index in [-0.39, 0.29) is 0 Å². The second-order valence-electron chi connectivity index (χ2n) is 8.52. The number of aromatic nitrogens is 4. The molecule has 0 bridgehead atoms. The Bertz CT molecular complexity index is 1440. The van der Waals surface area contributed by atoms with Gasteiger partial charge >= 0.3 is 0 Å². The lowest BCUT2D eigenvalue weighted by Gasteiger charge is -2.09. The number of hydrogen-bond donors (Lipinski definition) is 2. The first-order valence-electron chi connectivity index (χ1n) is 11.6. The maximum Gasteiger partial charge on any atom is 0.225 e. The molecule has 0 unspecified atom stereocenters. The Morgan fingerprint density at radius 1 is 0.914 bits per heavy atom. The molecule has 0 amide bonds. The van der Waals surface area contributed by atoms with Crippen LogP contribution in [0.3, 0.4) is 0 Å². The minimum Gasteiger partial charge on any atom is -0.497 e. The number of hydrogen-bond acceptors (Lipinski definition) is 6. The average molecular weight is 465 g/mol. The van der Waals surface area contributed by atoms with Gasteiger partial charge in [-0.2, -0.15) is 4.98 Å². The summed E-state index contributed by atoms with van der Waals surface area (Å²) in [5.74, 6) is 1.94. The number of rotatable bonds is 8. The highest BCUT2D eigenvalue weighted by molar-refractivity contribution is 5.99. The third-order valence-corrected chi connectivity index (χ3v) is 5.96. The zero-order valence-electron chi connectivity index (χ0n) is 19.9. The molecule has 2 aromatic heterocycles.